The number of pyridine rings is 2. The molecular formula is C94H133ClN12O27P2S2. The van der Waals surface area contributed by atoms with Crippen molar-refractivity contribution < 1.29 is 128 Å². The Balaban J connectivity index is 0.000000266. The van der Waals surface area contributed by atoms with Gasteiger partial charge in [-0.05, 0) is 146 Å². The number of carbonyl (C=O) groups excluding carboxylic acids is 9. The number of aromatic nitrogens is 4. The minimum atomic E-state index is -4.83. The zero-order valence-electron chi connectivity index (χ0n) is 81.0. The van der Waals surface area contributed by atoms with E-state index in [0.717, 1.165) is 69.3 Å². The summed E-state index contributed by atoms with van der Waals surface area (Å²) in [7, 11) is -6.44. The number of unbranched alkanes of at least 4 members (excludes halogenated alkanes) is 3. The minimum Gasteiger partial charge on any atom is -0.497 e. The molecule has 4 saturated carbocycles. The molecule has 138 heavy (non-hydrogen) atoms. The maximum Gasteiger partial charge on any atom is 0.510 e. The Hall–Kier alpha value is -10.4. The first kappa shape index (κ1) is 110. The van der Waals surface area contributed by atoms with E-state index in [1.165, 1.54) is 44.6 Å². The molecule has 2 unspecified atom stereocenters. The number of halogens is 1. The van der Waals surface area contributed by atoms with Crippen molar-refractivity contribution in [3.05, 3.63) is 84.6 Å². The second-order valence-corrected chi connectivity index (χ2v) is 43.4. The molecule has 10 atom stereocenters. The van der Waals surface area contributed by atoms with E-state index >= 15 is 14.2 Å². The van der Waals surface area contributed by atoms with Crippen LogP contribution in [0.3, 0.4) is 0 Å². The fraction of sp³-hybridized carbons (Fsp3) is 0.606. The van der Waals surface area contributed by atoms with Gasteiger partial charge in [0.15, 0.2) is 16.3 Å². The highest BCUT2D eigenvalue weighted by Crippen LogP contribution is 2.73. The molecule has 4 aromatic heterocycles. The maximum atomic E-state index is 15.1. The quantitative estimate of drug-likeness (QED) is 0.00335. The molecule has 39 nitrogen and oxygen atoms in total. The van der Waals surface area contributed by atoms with Gasteiger partial charge in [0.2, 0.25) is 37.2 Å². The Morgan fingerprint density at radius 1 is 0.536 bits per heavy atom. The number of rotatable bonds is 42. The number of carbonyl (C=O) groups is 9. The standard InChI is InChI=1S/C50H71N6O15PS.C38H51N6O9PS.C6H11ClO3/c1-10-13-21-64-47(60)66-29-68-72(62,69-30-67-48(61)65-22-14-11-2)50(26-32(50)12-3)55-43(57)40-24-35(27-56(40)44(58)42(49(6,7)8)54-46(59)71-33-17-15-16-18-33)70-41-25-38(39-28-73-45(53-39)51-31(4)5)52-37-23-34(63-9)19-20-36(37)41;1-8-22-18-38(22,54(48,49)50)43-33(45)30-16-25(19-44(30)34(46)32(37(4,5)6)42-36(47)53-23-11-9-10-12-23)52-31-17-28(29-20-55-35(41-29)39-21(2)3)40-27-15-24(51-7)13-14-26(27)31;1-2-3-4-9-6(8)10-5-7/h12,19-20,23,25,28,31-33,35,40,42H,3,10-11,13-18,21-22,24,26-27,29-30H2,1-2,4-9H3,(H,51,53)(H,54,59)(H,55,57);8,13-15,17,20-23,25,30,32H,1,9-12,16,18-19H2,2-7H3,(H,39,41)(H,42,47)(H,43,45)(H2,48,49,50);2-5H2,1H3/t32-,35?,40+,42-,50+;22-,25?,30+,32-,38+;/m11./s1. The number of hydrogen-bond acceptors (Lipinski definition) is 33. The van der Waals surface area contributed by atoms with Gasteiger partial charge in [-0.25, -0.2) is 43.9 Å². The molecule has 2 saturated heterocycles. The van der Waals surface area contributed by atoms with Crippen molar-refractivity contribution in [2.75, 3.05) is 77.4 Å². The van der Waals surface area contributed by atoms with Crippen LogP contribution in [0.4, 0.5) is 34.2 Å². The summed E-state index contributed by atoms with van der Waals surface area (Å²) in [6, 6.07) is 9.61. The van der Waals surface area contributed by atoms with Crippen LogP contribution in [0, 0.1) is 22.7 Å². The average Bonchev–Trinajstić information content (AvgIpc) is 1.55. The average molecular weight is 2020 g/mol. The molecular weight excluding hydrogens is 1890 g/mol. The fourth-order valence-electron chi connectivity index (χ4n) is 16.2. The number of thiazole rings is 2. The largest absolute Gasteiger partial charge is 0.510 e. The van der Waals surface area contributed by atoms with Crippen molar-refractivity contribution in [2.24, 2.45) is 22.7 Å². The Morgan fingerprint density at radius 3 is 1.25 bits per heavy atom. The number of fused-ring (bicyclic) bond motifs is 2. The number of alkyl halides is 1. The van der Waals surface area contributed by atoms with Crippen LogP contribution in [0.5, 0.6) is 23.0 Å². The lowest BCUT2D eigenvalue weighted by molar-refractivity contribution is -0.142. The monoisotopic (exact) mass is 2020 g/mol. The molecule has 6 amide bonds. The highest BCUT2D eigenvalue weighted by atomic mass is 35.5. The molecule has 0 radical (unpaired) electrons. The zero-order chi connectivity index (χ0) is 101. The van der Waals surface area contributed by atoms with E-state index in [1.54, 1.807) is 98.2 Å². The van der Waals surface area contributed by atoms with Gasteiger partial charge in [-0.1, -0.05) is 105 Å². The fourth-order valence-corrected chi connectivity index (χ4v) is 21.4. The van der Waals surface area contributed by atoms with E-state index in [-0.39, 0.29) is 82.3 Å². The van der Waals surface area contributed by atoms with Gasteiger partial charge in [0.1, 0.15) is 93.5 Å². The summed E-state index contributed by atoms with van der Waals surface area (Å²) < 4.78 is 104. The highest BCUT2D eigenvalue weighted by molar-refractivity contribution is 7.56. The smallest absolute Gasteiger partial charge is 0.497 e. The lowest BCUT2D eigenvalue weighted by Crippen LogP contribution is -2.58. The Morgan fingerprint density at radius 2 is 0.913 bits per heavy atom. The molecule has 6 fully saturated rings. The summed E-state index contributed by atoms with van der Waals surface area (Å²) in [5.74, 6) is -2.13. The number of nitrogens with zero attached hydrogens (tertiary/aromatic N) is 6. The SMILES string of the molecule is C=C[C@@H]1C[C@]1(NC(=O)[C@@H]1CC(Oc2cc(-c3csc(NC(C)C)n3)nc3cc(OC)ccc23)CN1C(=O)[C@@H](NC(=O)OC1CCCC1)C(C)(C)C)P(=O)(O)O.C=C[C@@H]1C[C@]1(NC(=O)[C@@H]1CC(Oc2cc(-c3csc(NC(C)C)n3)nc3cc(OC)ccc23)CN1C(=O)[C@@H](NC(=O)OC1CCCC1)C(C)(C)C)P(=O)(OCOC(=O)OCCCC)OCOC(=O)OCCCC.CCCCOC(=O)OCCl. The van der Waals surface area contributed by atoms with Gasteiger partial charge < -0.3 is 108 Å². The zero-order valence-corrected chi connectivity index (χ0v) is 85.2. The van der Waals surface area contributed by atoms with Crippen LogP contribution in [-0.4, -0.2) is 232 Å². The van der Waals surface area contributed by atoms with Crippen LogP contribution in [0.15, 0.2) is 84.6 Å². The van der Waals surface area contributed by atoms with Gasteiger partial charge in [0.05, 0.1) is 69.6 Å². The summed E-state index contributed by atoms with van der Waals surface area (Å²) in [6.07, 6.45) is 7.39. The van der Waals surface area contributed by atoms with Gasteiger partial charge in [-0.2, -0.15) is 0 Å². The number of nitrogens with one attached hydrogen (secondary N) is 6. The maximum absolute atomic E-state index is 15.1. The van der Waals surface area contributed by atoms with Gasteiger partial charge >= 0.3 is 45.8 Å². The second kappa shape index (κ2) is 49.6. The molecule has 0 bridgehead atoms. The lowest BCUT2D eigenvalue weighted by Gasteiger charge is -2.36. The lowest BCUT2D eigenvalue weighted by atomic mass is 9.85. The first-order valence-electron chi connectivity index (χ1n) is 46.7. The number of likely N-dealkylation sites (tertiary alicyclic amines) is 2. The van der Waals surface area contributed by atoms with Crippen LogP contribution in [0.2, 0.25) is 0 Å². The summed E-state index contributed by atoms with van der Waals surface area (Å²) in [6.45, 7) is 30.7. The van der Waals surface area contributed by atoms with Crippen molar-refractivity contribution in [2.45, 2.75) is 277 Å². The van der Waals surface area contributed by atoms with Crippen molar-refractivity contribution in [3.63, 3.8) is 0 Å². The molecule has 6 aromatic rings. The van der Waals surface area contributed by atoms with E-state index in [4.69, 9.17) is 88.0 Å². The van der Waals surface area contributed by atoms with Crippen LogP contribution in [-0.2, 0) is 75.3 Å². The second-order valence-electron chi connectivity index (χ2n) is 37.3. The summed E-state index contributed by atoms with van der Waals surface area (Å²) in [5, 5.41) is 20.5. The topological polar surface area (TPSA) is 488 Å². The Kier molecular flexibility index (Phi) is 39.4. The minimum absolute atomic E-state index is 0.00650. The van der Waals surface area contributed by atoms with Crippen LogP contribution in [0.1, 0.15) is 206 Å². The van der Waals surface area contributed by atoms with E-state index in [0.29, 0.717) is 105 Å². The number of anilines is 2. The van der Waals surface area contributed by atoms with E-state index in [2.05, 4.69) is 54.5 Å². The van der Waals surface area contributed by atoms with Crippen LogP contribution < -0.4 is 50.8 Å². The van der Waals surface area contributed by atoms with Gasteiger partial charge in [-0.15, -0.1) is 35.8 Å². The number of methoxy groups -OCH3 is 2. The molecule has 0 spiro atoms. The number of alkyl carbamates (subject to hydrolysis) is 2. The molecule has 2 aromatic carbocycles. The van der Waals surface area contributed by atoms with Gasteiger partial charge in [-0.3, -0.25) is 37.4 Å². The summed E-state index contributed by atoms with van der Waals surface area (Å²) in [5.41, 5.74) is 1.65. The third-order valence-corrected chi connectivity index (χ3v) is 29.7. The van der Waals surface area contributed by atoms with Crippen LogP contribution in [0.25, 0.3) is 44.6 Å². The van der Waals surface area contributed by atoms with Crippen molar-refractivity contribution >= 4 is 136 Å². The van der Waals surface area contributed by atoms with E-state index in [1.807, 2.05) is 65.3 Å². The molecule has 6 heterocycles. The number of ether oxygens (including phenoxy) is 12. The molecule has 6 aliphatic rings. The van der Waals surface area contributed by atoms with Crippen molar-refractivity contribution in [1.29, 1.82) is 0 Å². The van der Waals surface area contributed by atoms with Crippen molar-refractivity contribution in [3.8, 4) is 45.8 Å². The molecule has 4 aliphatic carbocycles. The predicted octanol–water partition coefficient (Wildman–Crippen LogP) is 17.6. The third kappa shape index (κ3) is 29.4. The molecule has 760 valence electrons. The highest BCUT2D eigenvalue weighted by Gasteiger charge is 2.70. The Bertz CT molecular complexity index is 5280. The molecule has 12 rings (SSSR count). The van der Waals surface area contributed by atoms with Gasteiger partial charge in [0, 0.05) is 82.6 Å². The number of amides is 6. The predicted molar refractivity (Wildman–Crippen MR) is 518 cm³/mol. The molecule has 2 aliphatic heterocycles. The van der Waals surface area contributed by atoms with Gasteiger partial charge in [0.25, 0.3) is 0 Å². The third-order valence-electron chi connectivity index (χ3n) is 23.9. The van der Waals surface area contributed by atoms with E-state index in [9.17, 15) is 47.9 Å². The summed E-state index contributed by atoms with van der Waals surface area (Å²) in [4.78, 5) is 163. The molecule has 44 heteroatoms. The molecule has 8 N–H and O–H groups in total. The normalized spacial score (nSPS) is 20.7. The first-order valence-corrected chi connectivity index (χ1v) is 52.1. The first-order chi connectivity index (χ1) is 65.5. The number of hydrogen-bond donors (Lipinski definition) is 8. The number of benzene rings is 2. The van der Waals surface area contributed by atoms with E-state index < -0.39 is 153 Å². The Labute approximate surface area is 817 Å². The van der Waals surface area contributed by atoms with Crippen LogP contribution >= 0.6 is 49.5 Å². The van der Waals surface area contributed by atoms with Crippen molar-refractivity contribution in [1.82, 2.24) is 51.0 Å². The summed E-state index contributed by atoms with van der Waals surface area (Å²) >= 11 is 7.96.